The molecule has 3 heteroatoms. The van der Waals surface area contributed by atoms with Gasteiger partial charge in [-0.3, -0.25) is 4.79 Å². The van der Waals surface area contributed by atoms with Crippen LogP contribution in [0, 0.1) is 5.92 Å². The number of nitrogens with zero attached hydrogens (tertiary/aromatic N) is 1. The van der Waals surface area contributed by atoms with E-state index in [1.807, 2.05) is 23.1 Å². The Morgan fingerprint density at radius 3 is 2.59 bits per heavy atom. The van der Waals surface area contributed by atoms with Gasteiger partial charge in [0.2, 0.25) is 0 Å². The van der Waals surface area contributed by atoms with Crippen molar-refractivity contribution in [3.8, 4) is 0 Å². The normalized spacial score (nSPS) is 22.2. The number of rotatable bonds is 5. The van der Waals surface area contributed by atoms with Crippen molar-refractivity contribution in [2.75, 3.05) is 13.2 Å². The van der Waals surface area contributed by atoms with Crippen LogP contribution in [0.5, 0.6) is 0 Å². The lowest BCUT2D eigenvalue weighted by Gasteiger charge is -2.22. The van der Waals surface area contributed by atoms with Gasteiger partial charge < -0.3 is 9.64 Å². The number of carbonyl (C=O) groups is 1. The summed E-state index contributed by atoms with van der Waals surface area (Å²) in [7, 11) is 0. The average molecular weight is 231 g/mol. The zero-order valence-corrected chi connectivity index (χ0v) is 9.84. The molecule has 1 atom stereocenters. The Hall–Kier alpha value is -1.35. The summed E-state index contributed by atoms with van der Waals surface area (Å²) in [6.07, 6.45) is 2.38. The van der Waals surface area contributed by atoms with E-state index >= 15 is 0 Å². The molecule has 0 aromatic heterocycles. The number of hydrogen-bond donors (Lipinski definition) is 0. The number of ether oxygens (including phenoxy) is 1. The molecule has 1 aromatic carbocycles. The summed E-state index contributed by atoms with van der Waals surface area (Å²) in [5.74, 6) is 0.891. The fourth-order valence-electron chi connectivity index (χ4n) is 2.04. The van der Waals surface area contributed by atoms with Crippen molar-refractivity contribution in [3.05, 3.63) is 35.9 Å². The van der Waals surface area contributed by atoms with E-state index in [1.165, 1.54) is 18.4 Å². The minimum Gasteiger partial charge on any atom is -0.363 e. The minimum atomic E-state index is -0.155. The highest BCUT2D eigenvalue weighted by molar-refractivity contribution is 5.83. The minimum absolute atomic E-state index is 0.155. The lowest BCUT2D eigenvalue weighted by atomic mass is 10.2. The van der Waals surface area contributed by atoms with Crippen molar-refractivity contribution in [2.24, 2.45) is 5.92 Å². The van der Waals surface area contributed by atoms with Crippen LogP contribution in [0.25, 0.3) is 0 Å². The molecule has 0 bridgehead atoms. The van der Waals surface area contributed by atoms with Crippen LogP contribution >= 0.6 is 0 Å². The second-order valence-corrected chi connectivity index (χ2v) is 4.97. The summed E-state index contributed by atoms with van der Waals surface area (Å²) in [5, 5.41) is 0. The van der Waals surface area contributed by atoms with Gasteiger partial charge in [0.05, 0.1) is 6.61 Å². The van der Waals surface area contributed by atoms with E-state index in [0.717, 1.165) is 19.0 Å². The Morgan fingerprint density at radius 1 is 1.29 bits per heavy atom. The van der Waals surface area contributed by atoms with Gasteiger partial charge in [-0.05, 0) is 24.3 Å². The molecule has 1 saturated carbocycles. The molecule has 2 aliphatic rings. The van der Waals surface area contributed by atoms with Crippen LogP contribution in [-0.4, -0.2) is 30.1 Å². The van der Waals surface area contributed by atoms with Crippen molar-refractivity contribution in [1.29, 1.82) is 0 Å². The molecule has 3 rings (SSSR count). The van der Waals surface area contributed by atoms with Crippen LogP contribution < -0.4 is 0 Å². The second-order valence-electron chi connectivity index (χ2n) is 4.97. The van der Waals surface area contributed by atoms with Crippen LogP contribution in [0.2, 0.25) is 0 Å². The smallest absolute Gasteiger partial charge is 0.254 e. The molecule has 0 radical (unpaired) electrons. The van der Waals surface area contributed by atoms with E-state index in [9.17, 15) is 4.79 Å². The van der Waals surface area contributed by atoms with Gasteiger partial charge in [-0.15, -0.1) is 0 Å². The van der Waals surface area contributed by atoms with Gasteiger partial charge in [0.15, 0.2) is 6.10 Å². The highest BCUT2D eigenvalue weighted by Gasteiger charge is 2.37. The summed E-state index contributed by atoms with van der Waals surface area (Å²) < 4.78 is 5.10. The number of epoxide rings is 1. The van der Waals surface area contributed by atoms with Crippen LogP contribution in [-0.2, 0) is 16.1 Å². The molecule has 1 saturated heterocycles. The number of benzene rings is 1. The topological polar surface area (TPSA) is 32.8 Å². The van der Waals surface area contributed by atoms with Crippen molar-refractivity contribution >= 4 is 5.91 Å². The number of hydrogen-bond acceptors (Lipinski definition) is 2. The van der Waals surface area contributed by atoms with Gasteiger partial charge in [0.1, 0.15) is 0 Å². The largest absolute Gasteiger partial charge is 0.363 e. The highest BCUT2D eigenvalue weighted by Crippen LogP contribution is 2.31. The fraction of sp³-hybridized carbons (Fsp3) is 0.500. The van der Waals surface area contributed by atoms with Gasteiger partial charge in [-0.1, -0.05) is 30.3 Å². The first-order chi connectivity index (χ1) is 8.33. The summed E-state index contributed by atoms with van der Waals surface area (Å²) in [5.41, 5.74) is 1.20. The summed E-state index contributed by atoms with van der Waals surface area (Å²) in [6, 6.07) is 10.2. The molecule has 3 nitrogen and oxygen atoms in total. The van der Waals surface area contributed by atoms with E-state index in [0.29, 0.717) is 6.61 Å². The first-order valence-electron chi connectivity index (χ1n) is 6.27. The number of amides is 1. The Kier molecular flexibility index (Phi) is 2.85. The third kappa shape index (κ3) is 2.86. The molecule has 2 fully saturated rings. The van der Waals surface area contributed by atoms with Crippen molar-refractivity contribution in [2.45, 2.75) is 25.5 Å². The maximum atomic E-state index is 12.1. The van der Waals surface area contributed by atoms with E-state index in [4.69, 9.17) is 4.74 Å². The van der Waals surface area contributed by atoms with E-state index < -0.39 is 0 Å². The molecule has 1 aliphatic carbocycles. The fourth-order valence-corrected chi connectivity index (χ4v) is 2.04. The standard InChI is InChI=1S/C14H17NO2/c16-14(13-10-17-13)15(9-12-6-7-12)8-11-4-2-1-3-5-11/h1-5,12-13H,6-10H2. The summed E-state index contributed by atoms with van der Waals surface area (Å²) in [4.78, 5) is 14.0. The molecule has 1 unspecified atom stereocenters. The highest BCUT2D eigenvalue weighted by atomic mass is 16.6. The SMILES string of the molecule is O=C(C1CO1)N(Cc1ccccc1)CC1CC1. The predicted molar refractivity (Wildman–Crippen MR) is 64.3 cm³/mol. The Balaban J connectivity index is 1.66. The molecule has 1 amide bonds. The van der Waals surface area contributed by atoms with Gasteiger partial charge in [0, 0.05) is 13.1 Å². The van der Waals surface area contributed by atoms with Crippen LogP contribution in [0.1, 0.15) is 18.4 Å². The molecule has 0 spiro atoms. The monoisotopic (exact) mass is 231 g/mol. The van der Waals surface area contributed by atoms with E-state index in [-0.39, 0.29) is 12.0 Å². The van der Waals surface area contributed by atoms with Crippen molar-refractivity contribution in [3.63, 3.8) is 0 Å². The first kappa shape index (κ1) is 10.8. The first-order valence-corrected chi connectivity index (χ1v) is 6.27. The maximum Gasteiger partial charge on any atom is 0.254 e. The molecular weight excluding hydrogens is 214 g/mol. The lowest BCUT2D eigenvalue weighted by molar-refractivity contribution is -0.133. The van der Waals surface area contributed by atoms with Gasteiger partial charge in [-0.2, -0.15) is 0 Å². The lowest BCUT2D eigenvalue weighted by Crippen LogP contribution is -2.35. The van der Waals surface area contributed by atoms with Gasteiger partial charge >= 0.3 is 0 Å². The predicted octanol–water partition coefficient (Wildman–Crippen LogP) is 1.82. The average Bonchev–Trinajstić information content (AvgIpc) is 3.22. The Bertz CT molecular complexity index is 396. The quantitative estimate of drug-likeness (QED) is 0.724. The molecule has 0 N–H and O–H groups in total. The molecule has 1 aromatic rings. The molecule has 17 heavy (non-hydrogen) atoms. The zero-order chi connectivity index (χ0) is 11.7. The zero-order valence-electron chi connectivity index (χ0n) is 9.84. The van der Waals surface area contributed by atoms with E-state index in [1.54, 1.807) is 0 Å². The van der Waals surface area contributed by atoms with Crippen LogP contribution in [0.4, 0.5) is 0 Å². The molecule has 1 aliphatic heterocycles. The van der Waals surface area contributed by atoms with Crippen molar-refractivity contribution < 1.29 is 9.53 Å². The third-order valence-corrected chi connectivity index (χ3v) is 3.31. The van der Waals surface area contributed by atoms with Crippen LogP contribution in [0.15, 0.2) is 30.3 Å². The van der Waals surface area contributed by atoms with Crippen LogP contribution in [0.3, 0.4) is 0 Å². The molecular formula is C14H17NO2. The molecule has 1 heterocycles. The second kappa shape index (κ2) is 4.49. The number of carbonyl (C=O) groups excluding carboxylic acids is 1. The third-order valence-electron chi connectivity index (χ3n) is 3.31. The van der Waals surface area contributed by atoms with Gasteiger partial charge in [0.25, 0.3) is 5.91 Å². The van der Waals surface area contributed by atoms with Gasteiger partial charge in [-0.25, -0.2) is 0 Å². The molecule has 90 valence electrons. The van der Waals surface area contributed by atoms with Crippen molar-refractivity contribution in [1.82, 2.24) is 4.90 Å². The Labute approximate surface area is 101 Å². The Morgan fingerprint density at radius 2 is 2.00 bits per heavy atom. The van der Waals surface area contributed by atoms with E-state index in [2.05, 4.69) is 12.1 Å². The maximum absolute atomic E-state index is 12.1. The summed E-state index contributed by atoms with van der Waals surface area (Å²) >= 11 is 0. The summed E-state index contributed by atoms with van der Waals surface area (Å²) in [6.45, 7) is 2.22.